The zero-order chi connectivity index (χ0) is 14.3. The zero-order valence-corrected chi connectivity index (χ0v) is 13.5. The fraction of sp³-hybridized carbons (Fsp3) is 0.733. The smallest absolute Gasteiger partial charge is 0.0857 e. The molecule has 0 bridgehead atoms. The summed E-state index contributed by atoms with van der Waals surface area (Å²) >= 11 is 1.52. The van der Waals surface area contributed by atoms with Crippen molar-refractivity contribution in [3.8, 4) is 11.8 Å². The van der Waals surface area contributed by atoms with Crippen LogP contribution in [0, 0.1) is 11.8 Å². The molecule has 0 amide bonds. The highest BCUT2D eigenvalue weighted by atomic mass is 32.1. The summed E-state index contributed by atoms with van der Waals surface area (Å²) in [6.07, 6.45) is 3.07. The summed E-state index contributed by atoms with van der Waals surface area (Å²) in [6, 6.07) is 0.329. The largest absolute Gasteiger partial charge is 0.309 e. The minimum Gasteiger partial charge on any atom is -0.309 e. The molecule has 0 spiro atoms. The Morgan fingerprint density at radius 3 is 2.68 bits per heavy atom. The van der Waals surface area contributed by atoms with Crippen LogP contribution in [0.5, 0.6) is 0 Å². The first-order valence-electron chi connectivity index (χ1n) is 6.96. The summed E-state index contributed by atoms with van der Waals surface area (Å²) in [7, 11) is 0. The minimum absolute atomic E-state index is 0.0465. The molecule has 0 aliphatic carbocycles. The standard InChI is InChI=1S/C15H25N3S/c1-6-8-9-10-12(16-11-7-2)13-14(15(3,4)5)17-18-19-13/h12,16H,7,9-11H2,1-5H3. The Morgan fingerprint density at radius 1 is 1.37 bits per heavy atom. The Morgan fingerprint density at radius 2 is 2.11 bits per heavy atom. The molecule has 1 N–H and O–H groups in total. The van der Waals surface area contributed by atoms with Crippen LogP contribution in [-0.4, -0.2) is 16.1 Å². The molecule has 1 heterocycles. The van der Waals surface area contributed by atoms with E-state index in [0.717, 1.165) is 31.5 Å². The molecule has 0 aliphatic rings. The minimum atomic E-state index is 0.0465. The van der Waals surface area contributed by atoms with Crippen LogP contribution in [0.3, 0.4) is 0 Å². The monoisotopic (exact) mass is 279 g/mol. The van der Waals surface area contributed by atoms with Gasteiger partial charge in [-0.1, -0.05) is 32.2 Å². The van der Waals surface area contributed by atoms with Crippen LogP contribution in [0.1, 0.15) is 70.5 Å². The second kappa shape index (κ2) is 7.62. The van der Waals surface area contributed by atoms with E-state index in [1.807, 2.05) is 6.92 Å². The van der Waals surface area contributed by atoms with Gasteiger partial charge in [0.25, 0.3) is 0 Å². The maximum atomic E-state index is 4.34. The van der Waals surface area contributed by atoms with Crippen LogP contribution in [0.4, 0.5) is 0 Å². The van der Waals surface area contributed by atoms with E-state index >= 15 is 0 Å². The predicted molar refractivity (Wildman–Crippen MR) is 82.3 cm³/mol. The van der Waals surface area contributed by atoms with Gasteiger partial charge in [-0.2, -0.15) is 0 Å². The Hall–Kier alpha value is -0.920. The highest BCUT2D eigenvalue weighted by Gasteiger charge is 2.26. The van der Waals surface area contributed by atoms with Crippen molar-refractivity contribution in [1.82, 2.24) is 14.9 Å². The first-order valence-corrected chi connectivity index (χ1v) is 7.73. The molecule has 0 fully saturated rings. The molecule has 1 rings (SSSR count). The van der Waals surface area contributed by atoms with Crippen molar-refractivity contribution in [2.75, 3.05) is 6.54 Å². The number of rotatable bonds is 6. The van der Waals surface area contributed by atoms with Gasteiger partial charge < -0.3 is 5.32 Å². The van der Waals surface area contributed by atoms with E-state index in [2.05, 4.69) is 54.4 Å². The maximum Gasteiger partial charge on any atom is 0.0857 e. The predicted octanol–water partition coefficient (Wildman–Crippen LogP) is 3.68. The molecule has 0 aliphatic heterocycles. The Bertz CT molecular complexity index is 434. The molecule has 3 nitrogen and oxygen atoms in total. The molecule has 4 heteroatoms. The molecule has 1 aromatic rings. The Kier molecular flexibility index (Phi) is 6.47. The summed E-state index contributed by atoms with van der Waals surface area (Å²) in [5, 5.41) is 7.94. The van der Waals surface area contributed by atoms with E-state index in [9.17, 15) is 0 Å². The van der Waals surface area contributed by atoms with Crippen LogP contribution in [0.2, 0.25) is 0 Å². The lowest BCUT2D eigenvalue weighted by Crippen LogP contribution is -2.25. The summed E-state index contributed by atoms with van der Waals surface area (Å²) < 4.78 is 4.16. The number of aromatic nitrogens is 2. The average Bonchev–Trinajstić information content (AvgIpc) is 2.82. The quantitative estimate of drug-likeness (QED) is 0.807. The molecule has 1 atom stereocenters. The second-order valence-electron chi connectivity index (χ2n) is 5.71. The number of nitrogens with zero attached hydrogens (tertiary/aromatic N) is 2. The van der Waals surface area contributed by atoms with E-state index < -0.39 is 0 Å². The van der Waals surface area contributed by atoms with Crippen LogP contribution >= 0.6 is 11.5 Å². The third-order valence-electron chi connectivity index (χ3n) is 2.92. The number of hydrogen-bond acceptors (Lipinski definition) is 4. The number of nitrogens with one attached hydrogen (secondary N) is 1. The van der Waals surface area contributed by atoms with Gasteiger partial charge in [-0.15, -0.1) is 16.9 Å². The van der Waals surface area contributed by atoms with Gasteiger partial charge in [-0.25, -0.2) is 0 Å². The third kappa shape index (κ3) is 4.93. The Balaban J connectivity index is 2.89. The van der Waals surface area contributed by atoms with E-state index in [0.29, 0.717) is 6.04 Å². The van der Waals surface area contributed by atoms with E-state index in [1.54, 1.807) is 0 Å². The molecule has 0 saturated heterocycles. The van der Waals surface area contributed by atoms with E-state index in [-0.39, 0.29) is 5.41 Å². The molecular formula is C15H25N3S. The summed E-state index contributed by atoms with van der Waals surface area (Å²) in [6.45, 7) is 11.7. The van der Waals surface area contributed by atoms with Gasteiger partial charge in [0, 0.05) is 17.9 Å². The molecule has 1 aromatic heterocycles. The summed E-state index contributed by atoms with van der Waals surface area (Å²) in [5.41, 5.74) is 1.17. The van der Waals surface area contributed by atoms with Crippen molar-refractivity contribution < 1.29 is 0 Å². The van der Waals surface area contributed by atoms with Gasteiger partial charge >= 0.3 is 0 Å². The van der Waals surface area contributed by atoms with E-state index in [1.165, 1.54) is 16.4 Å². The normalized spacial score (nSPS) is 12.9. The molecule has 19 heavy (non-hydrogen) atoms. The third-order valence-corrected chi connectivity index (χ3v) is 3.75. The summed E-state index contributed by atoms with van der Waals surface area (Å²) in [5.74, 6) is 6.11. The fourth-order valence-corrected chi connectivity index (χ4v) is 2.90. The zero-order valence-electron chi connectivity index (χ0n) is 12.7. The van der Waals surface area contributed by atoms with Gasteiger partial charge in [0.1, 0.15) is 0 Å². The van der Waals surface area contributed by atoms with Gasteiger partial charge in [0.05, 0.1) is 10.6 Å². The topological polar surface area (TPSA) is 37.8 Å². The van der Waals surface area contributed by atoms with Gasteiger partial charge in [0.15, 0.2) is 0 Å². The van der Waals surface area contributed by atoms with Crippen molar-refractivity contribution in [3.05, 3.63) is 10.6 Å². The lowest BCUT2D eigenvalue weighted by molar-refractivity contribution is 0.488. The van der Waals surface area contributed by atoms with E-state index in [4.69, 9.17) is 0 Å². The van der Waals surface area contributed by atoms with Crippen LogP contribution in [0.25, 0.3) is 0 Å². The fourth-order valence-electron chi connectivity index (χ4n) is 1.93. The summed E-state index contributed by atoms with van der Waals surface area (Å²) in [4.78, 5) is 1.28. The van der Waals surface area contributed by atoms with Crippen molar-refractivity contribution in [3.63, 3.8) is 0 Å². The molecule has 1 unspecified atom stereocenters. The molecule has 0 radical (unpaired) electrons. The number of hydrogen-bond donors (Lipinski definition) is 1. The van der Waals surface area contributed by atoms with Gasteiger partial charge in [-0.3, -0.25) is 0 Å². The molecule has 106 valence electrons. The van der Waals surface area contributed by atoms with Crippen LogP contribution in [-0.2, 0) is 5.41 Å². The second-order valence-corrected chi connectivity index (χ2v) is 6.49. The SMILES string of the molecule is CC#CCCC(NCCC)c1snnc1C(C)(C)C. The van der Waals surface area contributed by atoms with Crippen LogP contribution in [0.15, 0.2) is 0 Å². The maximum absolute atomic E-state index is 4.34. The van der Waals surface area contributed by atoms with Crippen molar-refractivity contribution in [2.24, 2.45) is 0 Å². The van der Waals surface area contributed by atoms with Crippen molar-refractivity contribution >= 4 is 11.5 Å². The van der Waals surface area contributed by atoms with Crippen molar-refractivity contribution in [2.45, 2.75) is 65.3 Å². The van der Waals surface area contributed by atoms with Crippen LogP contribution < -0.4 is 5.32 Å². The molecule has 0 aromatic carbocycles. The first kappa shape index (κ1) is 16.1. The highest BCUT2D eigenvalue weighted by molar-refractivity contribution is 7.05. The first-order chi connectivity index (χ1) is 9.00. The lowest BCUT2D eigenvalue weighted by atomic mass is 9.89. The average molecular weight is 279 g/mol. The lowest BCUT2D eigenvalue weighted by Gasteiger charge is -2.22. The molecular weight excluding hydrogens is 254 g/mol. The highest BCUT2D eigenvalue weighted by Crippen LogP contribution is 2.32. The van der Waals surface area contributed by atoms with Gasteiger partial charge in [-0.05, 0) is 37.8 Å². The Labute approximate surface area is 121 Å². The van der Waals surface area contributed by atoms with Gasteiger partial charge in [0.2, 0.25) is 0 Å². The van der Waals surface area contributed by atoms with Crippen molar-refractivity contribution in [1.29, 1.82) is 0 Å². The molecule has 0 saturated carbocycles.